The van der Waals surface area contributed by atoms with E-state index in [0.29, 0.717) is 16.1 Å². The molecule has 1 aliphatic carbocycles. The molecule has 0 amide bonds. The van der Waals surface area contributed by atoms with Crippen LogP contribution in [0.4, 0.5) is 5.82 Å². The number of carbonyl (C=O) groups excluding carboxylic acids is 1. The SMILES string of the molecule is COC[C@H](C)n1c(SCC(=O)c2c(N)n(C3CC3)c(=O)[nH]c2=O)nc2ccccc2c1=O. The number of nitrogen functional groups attached to an aromatic ring is 1. The Bertz CT molecular complexity index is 1370. The summed E-state index contributed by atoms with van der Waals surface area (Å²) in [7, 11) is 1.54. The van der Waals surface area contributed by atoms with E-state index in [1.807, 2.05) is 6.92 Å². The number of thioether (sulfide) groups is 1. The first-order valence-corrected chi connectivity index (χ1v) is 11.1. The quantitative estimate of drug-likeness (QED) is 0.293. The molecule has 11 heteroatoms. The number of methoxy groups -OCH3 is 1. The lowest BCUT2D eigenvalue weighted by Crippen LogP contribution is -2.36. The number of rotatable bonds is 8. The molecule has 0 aliphatic heterocycles. The van der Waals surface area contributed by atoms with Gasteiger partial charge in [0.1, 0.15) is 11.4 Å². The maximum Gasteiger partial charge on any atom is 0.330 e. The number of benzene rings is 1. The summed E-state index contributed by atoms with van der Waals surface area (Å²) in [6, 6.07) is 6.53. The number of ketones is 1. The highest BCUT2D eigenvalue weighted by atomic mass is 32.2. The fourth-order valence-electron chi connectivity index (χ4n) is 3.66. The monoisotopic (exact) mass is 457 g/mol. The molecular formula is C21H23N5O5S. The summed E-state index contributed by atoms with van der Waals surface area (Å²) < 4.78 is 7.96. The number of hydrogen-bond donors (Lipinski definition) is 2. The number of nitrogens with one attached hydrogen (secondary N) is 1. The van der Waals surface area contributed by atoms with Gasteiger partial charge in [-0.15, -0.1) is 0 Å². The van der Waals surface area contributed by atoms with Gasteiger partial charge in [-0.2, -0.15) is 0 Å². The van der Waals surface area contributed by atoms with Crippen LogP contribution in [0.5, 0.6) is 0 Å². The molecule has 1 aromatic carbocycles. The van der Waals surface area contributed by atoms with Crippen molar-refractivity contribution in [3.05, 3.63) is 61.0 Å². The Morgan fingerprint density at radius 3 is 2.72 bits per heavy atom. The molecule has 1 atom stereocenters. The minimum atomic E-state index is -0.813. The third-order valence-electron chi connectivity index (χ3n) is 5.33. The van der Waals surface area contributed by atoms with E-state index in [0.717, 1.165) is 24.6 Å². The zero-order chi connectivity index (χ0) is 23.0. The normalized spacial score (nSPS) is 14.6. The first kappa shape index (κ1) is 22.0. The maximum atomic E-state index is 13.1. The summed E-state index contributed by atoms with van der Waals surface area (Å²) in [5.74, 6) is -0.847. The third-order valence-corrected chi connectivity index (χ3v) is 6.28. The molecule has 3 aromatic rings. The van der Waals surface area contributed by atoms with E-state index in [1.54, 1.807) is 24.3 Å². The van der Waals surface area contributed by atoms with E-state index < -0.39 is 17.0 Å². The number of ether oxygens (including phenoxy) is 1. The van der Waals surface area contributed by atoms with Crippen LogP contribution in [-0.4, -0.2) is 44.4 Å². The van der Waals surface area contributed by atoms with Gasteiger partial charge in [-0.25, -0.2) is 9.78 Å². The summed E-state index contributed by atoms with van der Waals surface area (Å²) in [4.78, 5) is 57.2. The number of anilines is 1. The second-order valence-electron chi connectivity index (χ2n) is 7.72. The highest BCUT2D eigenvalue weighted by Gasteiger charge is 2.30. The van der Waals surface area contributed by atoms with Gasteiger partial charge in [0, 0.05) is 13.2 Å². The molecule has 1 saturated carbocycles. The number of nitrogens with two attached hydrogens (primary N) is 1. The molecular weight excluding hydrogens is 434 g/mol. The van der Waals surface area contributed by atoms with Gasteiger partial charge in [-0.1, -0.05) is 23.9 Å². The zero-order valence-electron chi connectivity index (χ0n) is 17.7. The van der Waals surface area contributed by atoms with Gasteiger partial charge >= 0.3 is 5.69 Å². The van der Waals surface area contributed by atoms with Crippen LogP contribution < -0.4 is 22.5 Å². The number of para-hydroxylation sites is 1. The summed E-state index contributed by atoms with van der Waals surface area (Å²) in [5.41, 5.74) is 4.63. The minimum Gasteiger partial charge on any atom is -0.384 e. The van der Waals surface area contributed by atoms with Crippen molar-refractivity contribution in [3.63, 3.8) is 0 Å². The van der Waals surface area contributed by atoms with E-state index in [4.69, 9.17) is 10.5 Å². The Kier molecular flexibility index (Phi) is 6.02. The molecule has 168 valence electrons. The largest absolute Gasteiger partial charge is 0.384 e. The molecule has 2 aromatic heterocycles. The standard InChI is InChI=1S/C21H23N5O5S/c1-11(9-31-2)25-19(29)13-5-3-4-6-14(13)23-21(25)32-10-15(27)16-17(22)26(12-7-8-12)20(30)24-18(16)28/h3-6,11-12H,7-10,22H2,1-2H3,(H,24,28,30)/t11-/m0/s1. The molecule has 4 rings (SSSR count). The van der Waals surface area contributed by atoms with Gasteiger partial charge in [0.15, 0.2) is 10.9 Å². The van der Waals surface area contributed by atoms with Crippen LogP contribution in [0.2, 0.25) is 0 Å². The van der Waals surface area contributed by atoms with Gasteiger partial charge < -0.3 is 10.5 Å². The number of hydrogen-bond acceptors (Lipinski definition) is 8. The Morgan fingerprint density at radius 1 is 1.31 bits per heavy atom. The molecule has 3 N–H and O–H groups in total. The molecule has 32 heavy (non-hydrogen) atoms. The molecule has 0 bridgehead atoms. The average molecular weight is 458 g/mol. The predicted octanol–water partition coefficient (Wildman–Crippen LogP) is 1.35. The number of aromatic nitrogens is 4. The van der Waals surface area contributed by atoms with Crippen LogP contribution in [0.25, 0.3) is 10.9 Å². The Morgan fingerprint density at radius 2 is 2.03 bits per heavy atom. The smallest absolute Gasteiger partial charge is 0.330 e. The number of Topliss-reactive ketones (excluding diaryl/α,β-unsaturated/α-hetero) is 1. The lowest BCUT2D eigenvalue weighted by Gasteiger charge is -2.19. The van der Waals surface area contributed by atoms with Crippen molar-refractivity contribution in [2.24, 2.45) is 0 Å². The lowest BCUT2D eigenvalue weighted by molar-refractivity contribution is 0.102. The van der Waals surface area contributed by atoms with E-state index >= 15 is 0 Å². The number of aromatic amines is 1. The van der Waals surface area contributed by atoms with Crippen molar-refractivity contribution in [1.29, 1.82) is 0 Å². The van der Waals surface area contributed by atoms with Crippen LogP contribution in [0, 0.1) is 0 Å². The fraction of sp³-hybridized carbons (Fsp3) is 0.381. The second kappa shape index (κ2) is 8.75. The molecule has 0 unspecified atom stereocenters. The third kappa shape index (κ3) is 4.00. The molecule has 0 saturated heterocycles. The van der Waals surface area contributed by atoms with Crippen LogP contribution in [0.3, 0.4) is 0 Å². The Hall–Kier alpha value is -3.18. The van der Waals surface area contributed by atoms with Crippen molar-refractivity contribution in [1.82, 2.24) is 19.1 Å². The van der Waals surface area contributed by atoms with Gasteiger partial charge in [0.25, 0.3) is 11.1 Å². The van der Waals surface area contributed by atoms with Gasteiger partial charge in [0.05, 0.1) is 29.3 Å². The predicted molar refractivity (Wildman–Crippen MR) is 122 cm³/mol. The van der Waals surface area contributed by atoms with Crippen LogP contribution >= 0.6 is 11.8 Å². The van der Waals surface area contributed by atoms with E-state index in [2.05, 4.69) is 9.97 Å². The van der Waals surface area contributed by atoms with Crippen molar-refractivity contribution >= 4 is 34.3 Å². The molecule has 0 radical (unpaired) electrons. The van der Waals surface area contributed by atoms with Crippen molar-refractivity contribution < 1.29 is 9.53 Å². The molecule has 1 fully saturated rings. The number of carbonyl (C=O) groups is 1. The number of nitrogens with zero attached hydrogens (tertiary/aromatic N) is 3. The summed E-state index contributed by atoms with van der Waals surface area (Å²) >= 11 is 1.04. The van der Waals surface area contributed by atoms with E-state index in [-0.39, 0.29) is 41.4 Å². The van der Waals surface area contributed by atoms with Crippen molar-refractivity contribution in [2.45, 2.75) is 37.0 Å². The first-order chi connectivity index (χ1) is 15.3. The first-order valence-electron chi connectivity index (χ1n) is 10.1. The summed E-state index contributed by atoms with van der Waals surface area (Å²) in [6.45, 7) is 2.10. The minimum absolute atomic E-state index is 0.0965. The molecule has 1 aliphatic rings. The van der Waals surface area contributed by atoms with Crippen LogP contribution in [0.1, 0.15) is 42.2 Å². The lowest BCUT2D eigenvalue weighted by atomic mass is 10.2. The Balaban J connectivity index is 1.70. The molecule has 2 heterocycles. The molecule has 0 spiro atoms. The summed E-state index contributed by atoms with van der Waals surface area (Å²) in [6.07, 6.45) is 1.53. The maximum absolute atomic E-state index is 13.1. The molecule has 10 nitrogen and oxygen atoms in total. The van der Waals surface area contributed by atoms with Gasteiger partial charge in [-0.05, 0) is 31.9 Å². The highest BCUT2D eigenvalue weighted by Crippen LogP contribution is 2.35. The number of fused-ring (bicyclic) bond motifs is 1. The van der Waals surface area contributed by atoms with Gasteiger partial charge in [-0.3, -0.25) is 28.5 Å². The van der Waals surface area contributed by atoms with Gasteiger partial charge in [0.2, 0.25) is 0 Å². The summed E-state index contributed by atoms with van der Waals surface area (Å²) in [5, 5.41) is 0.792. The van der Waals surface area contributed by atoms with Crippen LogP contribution in [0.15, 0.2) is 43.8 Å². The Labute approximate surface area is 186 Å². The van der Waals surface area contributed by atoms with E-state index in [1.165, 1.54) is 16.2 Å². The zero-order valence-corrected chi connectivity index (χ0v) is 18.5. The topological polar surface area (TPSA) is 142 Å². The van der Waals surface area contributed by atoms with Crippen molar-refractivity contribution in [3.8, 4) is 0 Å². The van der Waals surface area contributed by atoms with E-state index in [9.17, 15) is 19.2 Å². The fourth-order valence-corrected chi connectivity index (χ4v) is 4.63. The van der Waals surface area contributed by atoms with Crippen molar-refractivity contribution in [2.75, 3.05) is 25.2 Å². The van der Waals surface area contributed by atoms with Crippen LogP contribution in [-0.2, 0) is 4.74 Å². The highest BCUT2D eigenvalue weighted by molar-refractivity contribution is 7.99. The second-order valence-corrected chi connectivity index (χ2v) is 8.67. The average Bonchev–Trinajstić information content (AvgIpc) is 3.57. The number of H-pyrrole nitrogens is 1.